The number of piperazine rings is 1. The number of hydrogen-bond acceptors (Lipinski definition) is 4. The maximum absolute atomic E-state index is 14.9. The lowest BCUT2D eigenvalue weighted by Gasteiger charge is -2.38. The van der Waals surface area contributed by atoms with E-state index in [1.54, 1.807) is 11.0 Å². The molecule has 1 saturated heterocycles. The number of carbonyl (C=O) groups excluding carboxylic acids is 1. The van der Waals surface area contributed by atoms with Crippen LogP contribution in [-0.4, -0.2) is 51.7 Å². The average molecular weight is 442 g/mol. The zero-order chi connectivity index (χ0) is 22.7. The van der Waals surface area contributed by atoms with Crippen molar-refractivity contribution in [3.05, 3.63) is 29.6 Å². The molecule has 6 nitrogen and oxygen atoms in total. The molecule has 1 heterocycles. The van der Waals surface area contributed by atoms with Crippen molar-refractivity contribution in [1.82, 2.24) is 9.62 Å². The van der Waals surface area contributed by atoms with Crippen molar-refractivity contribution in [1.29, 1.82) is 0 Å². The molecule has 30 heavy (non-hydrogen) atoms. The number of nitrogens with zero attached hydrogens (tertiary/aromatic N) is 2. The minimum atomic E-state index is -1.27. The number of hydrogen-bond donors (Lipinski definition) is 1. The van der Waals surface area contributed by atoms with E-state index in [1.807, 2.05) is 59.4 Å². The fourth-order valence-corrected chi connectivity index (χ4v) is 4.16. The van der Waals surface area contributed by atoms with Gasteiger partial charge in [-0.2, -0.15) is 0 Å². The number of anilines is 1. The van der Waals surface area contributed by atoms with Crippen molar-refractivity contribution in [2.45, 2.75) is 71.3 Å². The fourth-order valence-electron chi connectivity index (χ4n) is 3.26. The minimum Gasteiger partial charge on any atom is -0.444 e. The Balaban J connectivity index is 2.19. The highest BCUT2D eigenvalue weighted by Gasteiger charge is 2.30. The minimum absolute atomic E-state index is 0.236. The van der Waals surface area contributed by atoms with Gasteiger partial charge in [-0.25, -0.2) is 18.1 Å². The zero-order valence-corrected chi connectivity index (χ0v) is 20.1. The number of nitrogens with one attached hydrogen (secondary N) is 1. The molecular weight excluding hydrogens is 405 g/mol. The monoisotopic (exact) mass is 441 g/mol. The summed E-state index contributed by atoms with van der Waals surface area (Å²) >= 11 is 0. The average Bonchev–Trinajstić information content (AvgIpc) is 2.63. The molecule has 1 amide bonds. The van der Waals surface area contributed by atoms with E-state index in [0.29, 0.717) is 38.3 Å². The lowest BCUT2D eigenvalue weighted by Crippen LogP contribution is -2.50. The molecule has 0 spiro atoms. The number of benzene rings is 1. The molecule has 1 fully saturated rings. The first-order valence-corrected chi connectivity index (χ1v) is 11.7. The standard InChI is InChI=1S/C22H36FN3O3S/c1-8-18(24-30(28)22(5,6)7)16-10-9-11-17(23)19(16)25-12-14-26(15-13-25)20(27)29-21(2,3)4/h9-11,18,24H,8,12-15H2,1-7H3/t18-,30?/m0/s1. The van der Waals surface area contributed by atoms with E-state index in [0.717, 1.165) is 5.56 Å². The third-order valence-corrected chi connectivity index (χ3v) is 6.47. The zero-order valence-electron chi connectivity index (χ0n) is 19.3. The molecule has 0 saturated carbocycles. The van der Waals surface area contributed by atoms with Gasteiger partial charge in [0.25, 0.3) is 0 Å². The second-order valence-corrected chi connectivity index (χ2v) is 11.6. The quantitative estimate of drug-likeness (QED) is 0.736. The van der Waals surface area contributed by atoms with Crippen molar-refractivity contribution in [3.63, 3.8) is 0 Å². The molecule has 1 N–H and O–H groups in total. The van der Waals surface area contributed by atoms with E-state index in [9.17, 15) is 13.4 Å². The Morgan fingerprint density at radius 2 is 1.77 bits per heavy atom. The Hall–Kier alpha value is -1.67. The topological polar surface area (TPSA) is 61.9 Å². The summed E-state index contributed by atoms with van der Waals surface area (Å²) in [6, 6.07) is 4.79. The van der Waals surface area contributed by atoms with E-state index in [2.05, 4.69) is 4.72 Å². The van der Waals surface area contributed by atoms with Crippen LogP contribution >= 0.6 is 0 Å². The lowest BCUT2D eigenvalue weighted by atomic mass is 10.0. The van der Waals surface area contributed by atoms with Gasteiger partial charge in [-0.15, -0.1) is 0 Å². The number of carbonyl (C=O) groups is 1. The molecule has 0 bridgehead atoms. The first kappa shape index (κ1) is 24.6. The highest BCUT2D eigenvalue weighted by atomic mass is 32.2. The third-order valence-electron chi connectivity index (χ3n) is 4.85. The molecule has 170 valence electrons. The van der Waals surface area contributed by atoms with Crippen LogP contribution in [0.5, 0.6) is 0 Å². The van der Waals surface area contributed by atoms with E-state index in [-0.39, 0.29) is 18.0 Å². The summed E-state index contributed by atoms with van der Waals surface area (Å²) in [6.07, 6.45) is 0.334. The van der Waals surface area contributed by atoms with Crippen LogP contribution in [0.1, 0.15) is 66.5 Å². The second kappa shape index (κ2) is 9.64. The Morgan fingerprint density at radius 1 is 1.17 bits per heavy atom. The molecule has 0 aliphatic carbocycles. The first-order chi connectivity index (χ1) is 13.8. The van der Waals surface area contributed by atoms with Gasteiger partial charge in [-0.1, -0.05) is 19.1 Å². The van der Waals surface area contributed by atoms with Crippen LogP contribution in [0.25, 0.3) is 0 Å². The Morgan fingerprint density at radius 3 is 2.27 bits per heavy atom. The normalized spacial score (nSPS) is 17.6. The van der Waals surface area contributed by atoms with E-state index < -0.39 is 21.3 Å². The van der Waals surface area contributed by atoms with E-state index in [4.69, 9.17) is 4.74 Å². The highest BCUT2D eigenvalue weighted by molar-refractivity contribution is 7.84. The summed E-state index contributed by atoms with van der Waals surface area (Å²) in [7, 11) is -1.27. The van der Waals surface area contributed by atoms with Gasteiger partial charge in [0.1, 0.15) is 11.4 Å². The largest absolute Gasteiger partial charge is 0.444 e. The smallest absolute Gasteiger partial charge is 0.410 e. The molecule has 1 aliphatic heterocycles. The molecule has 1 unspecified atom stereocenters. The Kier molecular flexibility index (Phi) is 7.91. The number of ether oxygens (including phenoxy) is 1. The van der Waals surface area contributed by atoms with Gasteiger partial charge >= 0.3 is 6.09 Å². The molecule has 2 rings (SSSR count). The lowest BCUT2D eigenvalue weighted by molar-refractivity contribution is 0.0240. The predicted molar refractivity (Wildman–Crippen MR) is 120 cm³/mol. The van der Waals surface area contributed by atoms with Gasteiger partial charge in [0.05, 0.1) is 21.4 Å². The summed E-state index contributed by atoms with van der Waals surface area (Å²) in [4.78, 5) is 16.0. The number of halogens is 1. The Bertz CT molecular complexity index is 766. The van der Waals surface area contributed by atoms with Crippen molar-refractivity contribution in [3.8, 4) is 0 Å². The molecule has 1 aromatic rings. The van der Waals surface area contributed by atoms with Crippen LogP contribution in [0.15, 0.2) is 18.2 Å². The molecular formula is C22H36FN3O3S. The fraction of sp³-hybridized carbons (Fsp3) is 0.682. The van der Waals surface area contributed by atoms with Crippen molar-refractivity contribution in [2.24, 2.45) is 0 Å². The summed E-state index contributed by atoms with van der Waals surface area (Å²) in [5.74, 6) is -0.306. The molecule has 2 atom stereocenters. The van der Waals surface area contributed by atoms with Gasteiger partial charge in [0.2, 0.25) is 0 Å². The molecule has 0 aromatic heterocycles. The van der Waals surface area contributed by atoms with Gasteiger partial charge in [-0.05, 0) is 59.6 Å². The van der Waals surface area contributed by atoms with Crippen molar-refractivity contribution >= 4 is 22.8 Å². The molecule has 1 aliphatic rings. The second-order valence-electron chi connectivity index (χ2n) is 9.59. The summed E-state index contributed by atoms with van der Waals surface area (Å²) in [5, 5.41) is 0. The van der Waals surface area contributed by atoms with E-state index >= 15 is 0 Å². The molecule has 0 radical (unpaired) electrons. The summed E-state index contributed by atoms with van der Waals surface area (Å²) < 4.78 is 35.8. The van der Waals surface area contributed by atoms with Crippen LogP contribution < -0.4 is 9.62 Å². The highest BCUT2D eigenvalue weighted by Crippen LogP contribution is 2.33. The number of amides is 1. The first-order valence-electron chi connectivity index (χ1n) is 10.5. The summed E-state index contributed by atoms with van der Waals surface area (Å²) in [5.41, 5.74) is 0.766. The third kappa shape index (κ3) is 6.41. The Labute approximate surface area is 182 Å². The summed E-state index contributed by atoms with van der Waals surface area (Å²) in [6.45, 7) is 15.2. The maximum atomic E-state index is 14.9. The van der Waals surface area contributed by atoms with E-state index in [1.165, 1.54) is 6.07 Å². The number of rotatable bonds is 5. The van der Waals surface area contributed by atoms with Crippen LogP contribution in [0.4, 0.5) is 14.9 Å². The maximum Gasteiger partial charge on any atom is 0.410 e. The van der Waals surface area contributed by atoms with Crippen LogP contribution in [0.3, 0.4) is 0 Å². The van der Waals surface area contributed by atoms with Gasteiger partial charge in [0.15, 0.2) is 0 Å². The predicted octanol–water partition coefficient (Wildman–Crippen LogP) is 4.39. The van der Waals surface area contributed by atoms with Crippen LogP contribution in [0.2, 0.25) is 0 Å². The van der Waals surface area contributed by atoms with Crippen molar-refractivity contribution in [2.75, 3.05) is 31.1 Å². The van der Waals surface area contributed by atoms with Gasteiger partial charge < -0.3 is 14.5 Å². The van der Waals surface area contributed by atoms with Gasteiger partial charge in [-0.3, -0.25) is 0 Å². The van der Waals surface area contributed by atoms with Gasteiger partial charge in [0, 0.05) is 32.2 Å². The SMILES string of the molecule is CC[C@H](NS(=O)C(C)(C)C)c1cccc(F)c1N1CCN(C(=O)OC(C)(C)C)CC1. The van der Waals surface area contributed by atoms with Crippen LogP contribution in [0, 0.1) is 5.82 Å². The number of para-hydroxylation sites is 1. The molecule has 8 heteroatoms. The van der Waals surface area contributed by atoms with Crippen molar-refractivity contribution < 1.29 is 18.1 Å². The molecule has 1 aromatic carbocycles. The van der Waals surface area contributed by atoms with Crippen LogP contribution in [-0.2, 0) is 15.7 Å².